The summed E-state index contributed by atoms with van der Waals surface area (Å²) in [5.74, 6) is -0.450. The van der Waals surface area contributed by atoms with Crippen LogP contribution in [0.3, 0.4) is 0 Å². The number of anilines is 2. The first-order valence-corrected chi connectivity index (χ1v) is 8.80. The highest BCUT2D eigenvalue weighted by Gasteiger charge is 2.30. The SMILES string of the molecule is Cl.O=C(OCCN1CCOCC1)c1cccnc1Nc1cccc(C(F)(F)F)c1. The van der Waals surface area contributed by atoms with Crippen LogP contribution in [0, 0.1) is 0 Å². The summed E-state index contributed by atoms with van der Waals surface area (Å²) in [6.07, 6.45) is -3.01. The minimum atomic E-state index is -4.46. The summed E-state index contributed by atoms with van der Waals surface area (Å²) in [4.78, 5) is 18.6. The van der Waals surface area contributed by atoms with E-state index < -0.39 is 17.7 Å². The van der Waals surface area contributed by atoms with Gasteiger partial charge in [0.15, 0.2) is 0 Å². The van der Waals surface area contributed by atoms with E-state index in [1.807, 2.05) is 0 Å². The third kappa shape index (κ3) is 6.59. The monoisotopic (exact) mass is 431 g/mol. The minimum absolute atomic E-state index is 0. The van der Waals surface area contributed by atoms with Gasteiger partial charge in [0.25, 0.3) is 0 Å². The standard InChI is InChI=1S/C19H20F3N3O3.ClH/c20-19(21,22)14-3-1-4-15(13-14)24-17-16(5-2-6-23-17)18(26)28-12-9-25-7-10-27-11-8-25;/h1-6,13H,7-12H2,(H,23,24);1H. The number of rotatable bonds is 6. The maximum Gasteiger partial charge on any atom is 0.416 e. The van der Waals surface area contributed by atoms with Gasteiger partial charge < -0.3 is 14.8 Å². The zero-order valence-corrected chi connectivity index (χ0v) is 16.3. The second-order valence-electron chi connectivity index (χ2n) is 6.19. The lowest BCUT2D eigenvalue weighted by atomic mass is 10.2. The highest BCUT2D eigenvalue weighted by atomic mass is 35.5. The minimum Gasteiger partial charge on any atom is -0.461 e. The van der Waals surface area contributed by atoms with E-state index in [9.17, 15) is 18.0 Å². The van der Waals surface area contributed by atoms with Crippen molar-refractivity contribution < 1.29 is 27.4 Å². The van der Waals surface area contributed by atoms with Crippen LogP contribution in [0.25, 0.3) is 0 Å². The molecule has 1 fully saturated rings. The maximum atomic E-state index is 12.9. The molecule has 0 aliphatic carbocycles. The van der Waals surface area contributed by atoms with E-state index in [1.165, 1.54) is 24.4 Å². The van der Waals surface area contributed by atoms with Crippen molar-refractivity contribution in [2.45, 2.75) is 6.18 Å². The Bertz CT molecular complexity index is 815. The van der Waals surface area contributed by atoms with Gasteiger partial charge in [-0.05, 0) is 30.3 Å². The number of hydrogen-bond acceptors (Lipinski definition) is 6. The largest absolute Gasteiger partial charge is 0.461 e. The van der Waals surface area contributed by atoms with E-state index in [2.05, 4.69) is 15.2 Å². The summed E-state index contributed by atoms with van der Waals surface area (Å²) in [5.41, 5.74) is -0.458. The van der Waals surface area contributed by atoms with E-state index in [0.717, 1.165) is 25.2 Å². The molecule has 1 aromatic heterocycles. The first kappa shape index (κ1) is 22.9. The Balaban J connectivity index is 0.00000300. The molecule has 1 saturated heterocycles. The number of pyridine rings is 1. The van der Waals surface area contributed by atoms with Gasteiger partial charge in [-0.15, -0.1) is 12.4 Å². The molecule has 1 aliphatic rings. The van der Waals surface area contributed by atoms with Gasteiger partial charge in [-0.1, -0.05) is 6.07 Å². The number of carbonyl (C=O) groups is 1. The molecule has 158 valence electrons. The molecule has 10 heteroatoms. The number of nitrogens with zero attached hydrogens (tertiary/aromatic N) is 2. The number of morpholine rings is 1. The molecule has 0 unspecified atom stereocenters. The summed E-state index contributed by atoms with van der Waals surface area (Å²) in [5, 5.41) is 2.77. The topological polar surface area (TPSA) is 63.7 Å². The van der Waals surface area contributed by atoms with E-state index >= 15 is 0 Å². The van der Waals surface area contributed by atoms with Crippen molar-refractivity contribution in [2.24, 2.45) is 0 Å². The quantitative estimate of drug-likeness (QED) is 0.703. The summed E-state index contributed by atoms with van der Waals surface area (Å²) < 4.78 is 49.2. The number of esters is 1. The number of halogens is 4. The molecular weight excluding hydrogens is 411 g/mol. The van der Waals surface area contributed by atoms with Crippen LogP contribution in [0.15, 0.2) is 42.6 Å². The smallest absolute Gasteiger partial charge is 0.416 e. The van der Waals surface area contributed by atoms with E-state index in [0.29, 0.717) is 19.8 Å². The fraction of sp³-hybridized carbons (Fsp3) is 0.368. The van der Waals surface area contributed by atoms with Crippen LogP contribution in [0.4, 0.5) is 24.7 Å². The van der Waals surface area contributed by atoms with Crippen LogP contribution in [0.1, 0.15) is 15.9 Å². The number of carbonyl (C=O) groups excluding carboxylic acids is 1. The Hall–Kier alpha value is -2.36. The van der Waals surface area contributed by atoms with Crippen LogP contribution in [-0.2, 0) is 15.7 Å². The fourth-order valence-electron chi connectivity index (χ4n) is 2.75. The van der Waals surface area contributed by atoms with Gasteiger partial charge >= 0.3 is 12.1 Å². The zero-order valence-electron chi connectivity index (χ0n) is 15.4. The third-order valence-corrected chi connectivity index (χ3v) is 4.22. The second kappa shape index (κ2) is 10.4. The van der Waals surface area contributed by atoms with Crippen molar-refractivity contribution in [3.05, 3.63) is 53.7 Å². The predicted molar refractivity (Wildman–Crippen MR) is 104 cm³/mol. The lowest BCUT2D eigenvalue weighted by Gasteiger charge is -2.26. The van der Waals surface area contributed by atoms with Gasteiger partial charge in [-0.25, -0.2) is 9.78 Å². The molecule has 1 aliphatic heterocycles. The molecule has 2 aromatic rings. The molecule has 0 amide bonds. The first-order valence-electron chi connectivity index (χ1n) is 8.80. The number of hydrogen-bond donors (Lipinski definition) is 1. The molecule has 0 spiro atoms. The number of ether oxygens (including phenoxy) is 2. The Morgan fingerprint density at radius 3 is 2.69 bits per heavy atom. The van der Waals surface area contributed by atoms with Crippen molar-refractivity contribution in [3.63, 3.8) is 0 Å². The van der Waals surface area contributed by atoms with E-state index in [-0.39, 0.29) is 36.1 Å². The fourth-order valence-corrected chi connectivity index (χ4v) is 2.75. The molecule has 0 bridgehead atoms. The molecular formula is C19H21ClF3N3O3. The van der Waals surface area contributed by atoms with Crippen molar-refractivity contribution in [1.82, 2.24) is 9.88 Å². The van der Waals surface area contributed by atoms with Gasteiger partial charge in [0.1, 0.15) is 18.0 Å². The van der Waals surface area contributed by atoms with Crippen LogP contribution < -0.4 is 5.32 Å². The summed E-state index contributed by atoms with van der Waals surface area (Å²) in [6.45, 7) is 3.67. The van der Waals surface area contributed by atoms with Crippen LogP contribution in [0.5, 0.6) is 0 Å². The summed E-state index contributed by atoms with van der Waals surface area (Å²) >= 11 is 0. The Morgan fingerprint density at radius 2 is 1.97 bits per heavy atom. The van der Waals surface area contributed by atoms with Crippen molar-refractivity contribution in [1.29, 1.82) is 0 Å². The van der Waals surface area contributed by atoms with Crippen molar-refractivity contribution in [3.8, 4) is 0 Å². The van der Waals surface area contributed by atoms with Crippen LogP contribution in [0.2, 0.25) is 0 Å². The molecule has 0 saturated carbocycles. The highest BCUT2D eigenvalue weighted by molar-refractivity contribution is 5.95. The average Bonchev–Trinajstić information content (AvgIpc) is 2.69. The summed E-state index contributed by atoms with van der Waals surface area (Å²) in [6, 6.07) is 7.77. The van der Waals surface area contributed by atoms with Gasteiger partial charge in [0.05, 0.1) is 18.8 Å². The normalized spacial score (nSPS) is 14.7. The molecule has 0 radical (unpaired) electrons. The van der Waals surface area contributed by atoms with Crippen LogP contribution in [-0.4, -0.2) is 55.3 Å². The number of benzene rings is 1. The lowest BCUT2D eigenvalue weighted by Crippen LogP contribution is -2.38. The third-order valence-electron chi connectivity index (χ3n) is 4.22. The summed E-state index contributed by atoms with van der Waals surface area (Å²) in [7, 11) is 0. The zero-order chi connectivity index (χ0) is 20.0. The molecule has 6 nitrogen and oxygen atoms in total. The molecule has 1 N–H and O–H groups in total. The highest BCUT2D eigenvalue weighted by Crippen LogP contribution is 2.31. The average molecular weight is 432 g/mol. The van der Waals surface area contributed by atoms with Gasteiger partial charge in [0, 0.05) is 31.5 Å². The predicted octanol–water partition coefficient (Wildman–Crippen LogP) is 3.75. The molecule has 29 heavy (non-hydrogen) atoms. The van der Waals surface area contributed by atoms with Gasteiger partial charge in [0.2, 0.25) is 0 Å². The molecule has 2 heterocycles. The number of aromatic nitrogens is 1. The van der Waals surface area contributed by atoms with E-state index in [4.69, 9.17) is 9.47 Å². The van der Waals surface area contributed by atoms with E-state index in [1.54, 1.807) is 6.07 Å². The Morgan fingerprint density at radius 1 is 1.21 bits per heavy atom. The Kier molecular flexibility index (Phi) is 8.24. The van der Waals surface area contributed by atoms with Crippen molar-refractivity contribution in [2.75, 3.05) is 44.8 Å². The number of alkyl halides is 3. The molecule has 3 rings (SSSR count). The van der Waals surface area contributed by atoms with Gasteiger partial charge in [-0.3, -0.25) is 4.90 Å². The number of nitrogens with one attached hydrogen (secondary N) is 1. The van der Waals surface area contributed by atoms with Crippen LogP contribution >= 0.6 is 12.4 Å². The first-order chi connectivity index (χ1) is 13.4. The Labute approximate surface area is 172 Å². The maximum absolute atomic E-state index is 12.9. The van der Waals surface area contributed by atoms with Crippen molar-refractivity contribution >= 4 is 29.9 Å². The molecule has 0 atom stereocenters. The molecule has 1 aromatic carbocycles. The second-order valence-corrected chi connectivity index (χ2v) is 6.19. The van der Waals surface area contributed by atoms with Gasteiger partial charge in [-0.2, -0.15) is 13.2 Å². The lowest BCUT2D eigenvalue weighted by molar-refractivity contribution is -0.137.